The van der Waals surface area contributed by atoms with Crippen LogP contribution >= 0.6 is 0 Å². The van der Waals surface area contributed by atoms with Crippen molar-refractivity contribution in [2.75, 3.05) is 0 Å². The summed E-state index contributed by atoms with van der Waals surface area (Å²) >= 11 is 0. The molecule has 0 aliphatic rings. The third-order valence-electron chi connectivity index (χ3n) is 5.31. The van der Waals surface area contributed by atoms with E-state index >= 15 is 0 Å². The molecular weight excluding hydrogens is 288 g/mol. The van der Waals surface area contributed by atoms with Crippen molar-refractivity contribution in [1.29, 1.82) is 0 Å². The van der Waals surface area contributed by atoms with Gasteiger partial charge in [-0.3, -0.25) is 0 Å². The quantitative estimate of drug-likeness (QED) is 0.374. The van der Waals surface area contributed by atoms with Gasteiger partial charge in [0.05, 0.1) is 0 Å². The van der Waals surface area contributed by atoms with Crippen LogP contribution in [0.2, 0.25) is 0 Å². The van der Waals surface area contributed by atoms with Crippen LogP contribution < -0.4 is 0 Å². The van der Waals surface area contributed by atoms with Crippen molar-refractivity contribution in [3.05, 3.63) is 47.2 Å². The van der Waals surface area contributed by atoms with Gasteiger partial charge in [0.25, 0.3) is 0 Å². The van der Waals surface area contributed by atoms with Crippen LogP contribution in [0.4, 0.5) is 0 Å². The first-order valence-corrected chi connectivity index (χ1v) is 10.4. The van der Waals surface area contributed by atoms with E-state index in [0.29, 0.717) is 0 Å². The number of rotatable bonds is 12. The van der Waals surface area contributed by atoms with Crippen molar-refractivity contribution >= 4 is 0 Å². The average molecular weight is 329 g/mol. The van der Waals surface area contributed by atoms with E-state index in [1.165, 1.54) is 88.2 Å². The maximum atomic E-state index is 4.47. The molecule has 0 saturated heterocycles. The van der Waals surface area contributed by atoms with Crippen LogP contribution in [0.5, 0.6) is 0 Å². The fourth-order valence-electron chi connectivity index (χ4n) is 3.71. The third kappa shape index (κ3) is 5.64. The Morgan fingerprint density at radius 1 is 0.458 bits per heavy atom. The van der Waals surface area contributed by atoms with Gasteiger partial charge in [0.2, 0.25) is 0 Å². The van der Waals surface area contributed by atoms with E-state index in [1.54, 1.807) is 22.3 Å². The molecule has 0 heteroatoms. The van der Waals surface area contributed by atoms with E-state index in [-0.39, 0.29) is 0 Å². The van der Waals surface area contributed by atoms with Gasteiger partial charge in [0.15, 0.2) is 0 Å². The molecule has 0 heterocycles. The summed E-state index contributed by atoms with van der Waals surface area (Å²) in [7, 11) is 0. The lowest BCUT2D eigenvalue weighted by atomic mass is 9.80. The predicted molar refractivity (Wildman–Crippen MR) is 110 cm³/mol. The lowest BCUT2D eigenvalue weighted by Crippen LogP contribution is -2.11. The van der Waals surface area contributed by atoms with E-state index in [9.17, 15) is 0 Å². The summed E-state index contributed by atoms with van der Waals surface area (Å²) in [6.45, 7) is 18.1. The Kier molecular flexibility index (Phi) is 10.4. The molecule has 0 amide bonds. The van der Waals surface area contributed by atoms with Crippen LogP contribution in [0.1, 0.15) is 112 Å². The first-order valence-electron chi connectivity index (χ1n) is 10.4. The maximum Gasteiger partial charge on any atom is -0.0232 e. The monoisotopic (exact) mass is 328 g/mol. The van der Waals surface area contributed by atoms with Crippen molar-refractivity contribution < 1.29 is 0 Å². The molecule has 0 atom stereocenters. The van der Waals surface area contributed by atoms with Gasteiger partial charge in [0.1, 0.15) is 0 Å². The van der Waals surface area contributed by atoms with Crippen molar-refractivity contribution in [1.82, 2.24) is 0 Å². The molecule has 2 radical (unpaired) electrons. The molecule has 0 nitrogen and oxygen atoms in total. The predicted octanol–water partition coefficient (Wildman–Crippen LogP) is 7.42. The summed E-state index contributed by atoms with van der Waals surface area (Å²) in [5.74, 6) is 0. The Bertz CT molecular complexity index is 437. The molecule has 0 unspecified atom stereocenters. The van der Waals surface area contributed by atoms with Gasteiger partial charge in [-0.15, -0.1) is 0 Å². The van der Waals surface area contributed by atoms with Crippen LogP contribution in [0, 0.1) is 13.8 Å². The molecule has 24 heavy (non-hydrogen) atoms. The SMILES string of the molecule is [CH2]c1c([CH2])c(CCCC)c(CCCC)c(CCCC)c1CCCC. The highest BCUT2D eigenvalue weighted by molar-refractivity contribution is 5.55. The molecular formula is C24H40. The summed E-state index contributed by atoms with van der Waals surface area (Å²) in [6, 6.07) is 0. The molecule has 0 saturated carbocycles. The summed E-state index contributed by atoms with van der Waals surface area (Å²) in [5.41, 5.74) is 8.90. The minimum absolute atomic E-state index is 1.18. The van der Waals surface area contributed by atoms with Crippen molar-refractivity contribution in [3.63, 3.8) is 0 Å². The lowest BCUT2D eigenvalue weighted by molar-refractivity contribution is 0.715. The second kappa shape index (κ2) is 11.7. The van der Waals surface area contributed by atoms with Gasteiger partial charge in [-0.2, -0.15) is 0 Å². The molecule has 1 aromatic rings. The highest BCUT2D eigenvalue weighted by atomic mass is 14.2. The third-order valence-corrected chi connectivity index (χ3v) is 5.31. The van der Waals surface area contributed by atoms with Crippen LogP contribution in [0.25, 0.3) is 0 Å². The lowest BCUT2D eigenvalue weighted by Gasteiger charge is -2.25. The summed E-state index contributed by atoms with van der Waals surface area (Å²) < 4.78 is 0. The Morgan fingerprint density at radius 3 is 0.958 bits per heavy atom. The molecule has 136 valence electrons. The Labute approximate surface area is 152 Å². The first kappa shape index (κ1) is 21.3. The Morgan fingerprint density at radius 2 is 0.708 bits per heavy atom. The summed E-state index contributed by atoms with van der Waals surface area (Å²) in [5, 5.41) is 0. The van der Waals surface area contributed by atoms with Crippen LogP contribution in [0.3, 0.4) is 0 Å². The smallest absolute Gasteiger partial charge is 0.0232 e. The first-order chi connectivity index (χ1) is 11.6. The molecule has 1 rings (SSSR count). The van der Waals surface area contributed by atoms with Gasteiger partial charge < -0.3 is 0 Å². The minimum atomic E-state index is 1.18. The number of hydrogen-bond acceptors (Lipinski definition) is 0. The molecule has 0 aliphatic heterocycles. The van der Waals surface area contributed by atoms with Crippen LogP contribution in [-0.2, 0) is 25.7 Å². The maximum absolute atomic E-state index is 4.47. The number of unbranched alkanes of at least 4 members (excludes halogenated alkanes) is 4. The van der Waals surface area contributed by atoms with Gasteiger partial charge >= 0.3 is 0 Å². The molecule has 0 fully saturated rings. The Hall–Kier alpha value is -0.780. The van der Waals surface area contributed by atoms with Crippen molar-refractivity contribution in [3.8, 4) is 0 Å². The van der Waals surface area contributed by atoms with E-state index < -0.39 is 0 Å². The summed E-state index contributed by atoms with van der Waals surface area (Å²) in [6.07, 6.45) is 15.0. The van der Waals surface area contributed by atoms with E-state index in [4.69, 9.17) is 0 Å². The van der Waals surface area contributed by atoms with E-state index in [0.717, 1.165) is 0 Å². The van der Waals surface area contributed by atoms with Gasteiger partial charge in [0, 0.05) is 0 Å². The zero-order chi connectivity index (χ0) is 17.9. The van der Waals surface area contributed by atoms with E-state index in [2.05, 4.69) is 41.5 Å². The topological polar surface area (TPSA) is 0 Å². The highest BCUT2D eigenvalue weighted by Crippen LogP contribution is 2.32. The minimum Gasteiger partial charge on any atom is -0.0654 e. The van der Waals surface area contributed by atoms with Crippen molar-refractivity contribution in [2.45, 2.75) is 105 Å². The number of hydrogen-bond donors (Lipinski definition) is 0. The molecule has 0 bridgehead atoms. The van der Waals surface area contributed by atoms with Crippen LogP contribution in [0.15, 0.2) is 0 Å². The fourth-order valence-corrected chi connectivity index (χ4v) is 3.71. The number of benzene rings is 1. The largest absolute Gasteiger partial charge is 0.0654 e. The Balaban J connectivity index is 3.43. The second-order valence-corrected chi connectivity index (χ2v) is 7.29. The van der Waals surface area contributed by atoms with Crippen LogP contribution in [-0.4, -0.2) is 0 Å². The van der Waals surface area contributed by atoms with Crippen molar-refractivity contribution in [2.24, 2.45) is 0 Å². The molecule has 1 aromatic carbocycles. The zero-order valence-electron chi connectivity index (χ0n) is 16.9. The normalized spacial score (nSPS) is 11.2. The van der Waals surface area contributed by atoms with Gasteiger partial charge in [-0.25, -0.2) is 0 Å². The second-order valence-electron chi connectivity index (χ2n) is 7.29. The highest BCUT2D eigenvalue weighted by Gasteiger charge is 2.18. The zero-order valence-corrected chi connectivity index (χ0v) is 16.9. The average Bonchev–Trinajstić information content (AvgIpc) is 2.59. The van der Waals surface area contributed by atoms with Gasteiger partial charge in [-0.1, -0.05) is 53.4 Å². The molecule has 0 N–H and O–H groups in total. The van der Waals surface area contributed by atoms with E-state index in [1.807, 2.05) is 0 Å². The molecule has 0 aliphatic carbocycles. The molecule has 0 aromatic heterocycles. The summed E-state index contributed by atoms with van der Waals surface area (Å²) in [4.78, 5) is 0. The fraction of sp³-hybridized carbons (Fsp3) is 0.667. The molecule has 0 spiro atoms. The van der Waals surface area contributed by atoms with Gasteiger partial charge in [-0.05, 0) is 98.6 Å². The standard InChI is InChI=1S/C24H40/c1-7-11-15-21-19(5)20(6)22(16-12-8-2)24(18-14-10-4)23(21)17-13-9-3/h5-18H2,1-4H3.